The van der Waals surface area contributed by atoms with Gasteiger partial charge in [-0.25, -0.2) is 0 Å². The third-order valence-corrected chi connectivity index (χ3v) is 4.62. The first-order valence-corrected chi connectivity index (χ1v) is 9.10. The summed E-state index contributed by atoms with van der Waals surface area (Å²) in [4.78, 5) is 26.8. The van der Waals surface area contributed by atoms with Gasteiger partial charge in [-0.15, -0.1) is 0 Å². The van der Waals surface area contributed by atoms with Crippen molar-refractivity contribution in [3.05, 3.63) is 52.4 Å². The van der Waals surface area contributed by atoms with Crippen LogP contribution in [0.4, 0.5) is 0 Å². The lowest BCUT2D eigenvalue weighted by atomic mass is 10.1. The minimum atomic E-state index is -0.220. The Hall–Kier alpha value is -2.67. The first-order chi connectivity index (χ1) is 12.8. The third-order valence-electron chi connectivity index (χ3n) is 4.62. The molecule has 3 rings (SSSR count). The maximum Gasteiger partial charge on any atom is 0.257 e. The molecule has 0 radical (unpaired) electrons. The highest BCUT2D eigenvalue weighted by molar-refractivity contribution is 5.96. The molecule has 2 aromatic rings. The molecular weight excluding hydrogens is 346 g/mol. The van der Waals surface area contributed by atoms with Gasteiger partial charge in [0, 0.05) is 25.2 Å². The number of aryl methyl sites for hydroxylation is 2. The molecule has 1 N–H and O–H groups in total. The Kier molecular flexibility index (Phi) is 5.60. The van der Waals surface area contributed by atoms with Gasteiger partial charge in [0.15, 0.2) is 0 Å². The van der Waals surface area contributed by atoms with Crippen LogP contribution in [0.3, 0.4) is 0 Å². The Labute approximate surface area is 158 Å². The quantitative estimate of drug-likeness (QED) is 0.892. The van der Waals surface area contributed by atoms with Crippen molar-refractivity contribution >= 4 is 11.8 Å². The monoisotopic (exact) mass is 371 g/mol. The number of morpholine rings is 1. The van der Waals surface area contributed by atoms with Gasteiger partial charge in [-0.3, -0.25) is 9.59 Å². The molecule has 0 saturated carbocycles. The van der Waals surface area contributed by atoms with Crippen molar-refractivity contribution in [3.63, 3.8) is 0 Å². The second-order valence-electron chi connectivity index (χ2n) is 7.05. The van der Waals surface area contributed by atoms with Crippen molar-refractivity contribution in [2.45, 2.75) is 46.4 Å². The van der Waals surface area contributed by atoms with E-state index in [0.717, 1.165) is 5.56 Å². The van der Waals surface area contributed by atoms with E-state index >= 15 is 0 Å². The summed E-state index contributed by atoms with van der Waals surface area (Å²) >= 11 is 0. The van der Waals surface area contributed by atoms with Crippen LogP contribution in [0.15, 0.2) is 28.8 Å². The molecule has 0 unspecified atom stereocenters. The van der Waals surface area contributed by atoms with Gasteiger partial charge in [-0.1, -0.05) is 17.3 Å². The first-order valence-electron chi connectivity index (χ1n) is 9.10. The molecule has 0 spiro atoms. The molecule has 2 atom stereocenters. The van der Waals surface area contributed by atoms with E-state index < -0.39 is 0 Å². The topological polar surface area (TPSA) is 84.7 Å². The van der Waals surface area contributed by atoms with Crippen LogP contribution in [-0.4, -0.2) is 47.2 Å². The van der Waals surface area contributed by atoms with Gasteiger partial charge in [0.25, 0.3) is 11.8 Å². The van der Waals surface area contributed by atoms with Gasteiger partial charge < -0.3 is 19.5 Å². The van der Waals surface area contributed by atoms with Gasteiger partial charge >= 0.3 is 0 Å². The zero-order chi connectivity index (χ0) is 19.6. The minimum Gasteiger partial charge on any atom is -0.372 e. The van der Waals surface area contributed by atoms with Crippen molar-refractivity contribution < 1.29 is 18.8 Å². The number of benzene rings is 1. The normalized spacial score (nSPS) is 19.8. The Morgan fingerprint density at radius 2 is 1.78 bits per heavy atom. The van der Waals surface area contributed by atoms with Crippen molar-refractivity contribution in [2.75, 3.05) is 13.1 Å². The fourth-order valence-corrected chi connectivity index (χ4v) is 3.37. The van der Waals surface area contributed by atoms with Crippen molar-refractivity contribution in [2.24, 2.45) is 0 Å². The zero-order valence-electron chi connectivity index (χ0n) is 16.1. The Balaban J connectivity index is 1.60. The molecule has 1 aromatic carbocycles. The van der Waals surface area contributed by atoms with Crippen LogP contribution >= 0.6 is 0 Å². The fourth-order valence-electron chi connectivity index (χ4n) is 3.37. The number of amides is 2. The average Bonchev–Trinajstić information content (AvgIpc) is 2.97. The summed E-state index contributed by atoms with van der Waals surface area (Å²) < 4.78 is 10.7. The molecule has 2 amide bonds. The van der Waals surface area contributed by atoms with E-state index in [1.165, 1.54) is 0 Å². The largest absolute Gasteiger partial charge is 0.372 e. The molecule has 2 heterocycles. The number of nitrogens with one attached hydrogen (secondary N) is 1. The number of nitrogens with zero attached hydrogens (tertiary/aromatic N) is 2. The molecule has 144 valence electrons. The molecule has 27 heavy (non-hydrogen) atoms. The van der Waals surface area contributed by atoms with Crippen molar-refractivity contribution in [1.82, 2.24) is 15.4 Å². The maximum absolute atomic E-state index is 12.7. The summed E-state index contributed by atoms with van der Waals surface area (Å²) in [6.45, 7) is 8.95. The van der Waals surface area contributed by atoms with Gasteiger partial charge in [-0.2, -0.15) is 0 Å². The number of hydrogen-bond acceptors (Lipinski definition) is 5. The average molecular weight is 371 g/mol. The Morgan fingerprint density at radius 1 is 1.15 bits per heavy atom. The highest BCUT2D eigenvalue weighted by Crippen LogP contribution is 2.16. The highest BCUT2D eigenvalue weighted by Gasteiger charge is 2.26. The predicted molar refractivity (Wildman–Crippen MR) is 99.5 cm³/mol. The Morgan fingerprint density at radius 3 is 2.33 bits per heavy atom. The second kappa shape index (κ2) is 7.92. The van der Waals surface area contributed by atoms with E-state index in [9.17, 15) is 9.59 Å². The van der Waals surface area contributed by atoms with E-state index in [1.54, 1.807) is 26.0 Å². The smallest absolute Gasteiger partial charge is 0.257 e. The number of rotatable bonds is 4. The van der Waals surface area contributed by atoms with Crippen LogP contribution < -0.4 is 5.32 Å². The lowest BCUT2D eigenvalue weighted by Crippen LogP contribution is -2.48. The minimum absolute atomic E-state index is 0.00306. The summed E-state index contributed by atoms with van der Waals surface area (Å²) in [6, 6.07) is 7.30. The molecule has 1 aliphatic rings. The van der Waals surface area contributed by atoms with E-state index in [0.29, 0.717) is 42.2 Å². The summed E-state index contributed by atoms with van der Waals surface area (Å²) in [7, 11) is 0. The van der Waals surface area contributed by atoms with Gasteiger partial charge in [-0.05, 0) is 45.4 Å². The highest BCUT2D eigenvalue weighted by atomic mass is 16.5. The number of hydrogen-bond donors (Lipinski definition) is 1. The molecule has 7 nitrogen and oxygen atoms in total. The lowest BCUT2D eigenvalue weighted by Gasteiger charge is -2.35. The van der Waals surface area contributed by atoms with Crippen LogP contribution in [-0.2, 0) is 11.3 Å². The second-order valence-corrected chi connectivity index (χ2v) is 7.05. The number of carbonyl (C=O) groups is 2. The van der Waals surface area contributed by atoms with Crippen molar-refractivity contribution in [1.29, 1.82) is 0 Å². The molecule has 0 aliphatic carbocycles. The fraction of sp³-hybridized carbons (Fsp3) is 0.450. The van der Waals surface area contributed by atoms with E-state index in [4.69, 9.17) is 9.26 Å². The summed E-state index contributed by atoms with van der Waals surface area (Å²) in [5, 5.41) is 6.65. The van der Waals surface area contributed by atoms with Crippen molar-refractivity contribution in [3.8, 4) is 0 Å². The van der Waals surface area contributed by atoms with E-state index in [1.807, 2.05) is 30.9 Å². The van der Waals surface area contributed by atoms with Crippen LogP contribution in [0.25, 0.3) is 0 Å². The Bertz CT molecular complexity index is 799. The third kappa shape index (κ3) is 4.36. The van der Waals surface area contributed by atoms with Gasteiger partial charge in [0.05, 0.1) is 17.9 Å². The summed E-state index contributed by atoms with van der Waals surface area (Å²) in [6.07, 6.45) is 0.0769. The molecule has 1 saturated heterocycles. The zero-order valence-corrected chi connectivity index (χ0v) is 16.1. The molecule has 7 heteroatoms. The number of carbonyl (C=O) groups excluding carboxylic acids is 2. The molecular formula is C20H25N3O4. The van der Waals surface area contributed by atoms with E-state index in [-0.39, 0.29) is 24.0 Å². The predicted octanol–water partition coefficient (Wildman–Crippen LogP) is 2.47. The van der Waals surface area contributed by atoms with Gasteiger partial charge in [0.1, 0.15) is 11.3 Å². The molecule has 1 aromatic heterocycles. The molecule has 0 bridgehead atoms. The standard InChI is InChI=1S/C20H25N3O4/c1-12-10-23(11-13(2)26-12)20(25)17-7-5-16(6-8-17)9-21-19(24)18-14(3)22-27-15(18)4/h5-8,12-13H,9-11H2,1-4H3,(H,21,24)/t12-,13-/m0/s1. The molecule has 1 fully saturated rings. The molecule has 1 aliphatic heterocycles. The van der Waals surface area contributed by atoms with E-state index in [2.05, 4.69) is 10.5 Å². The van der Waals surface area contributed by atoms with Crippen LogP contribution in [0.5, 0.6) is 0 Å². The lowest BCUT2D eigenvalue weighted by molar-refractivity contribution is -0.0586. The van der Waals surface area contributed by atoms with Crippen LogP contribution in [0.2, 0.25) is 0 Å². The summed E-state index contributed by atoms with van der Waals surface area (Å²) in [5.41, 5.74) is 2.59. The number of aromatic nitrogens is 1. The first kappa shape index (κ1) is 19.1. The van der Waals surface area contributed by atoms with Crippen LogP contribution in [0, 0.1) is 13.8 Å². The number of ether oxygens (including phenoxy) is 1. The maximum atomic E-state index is 12.7. The van der Waals surface area contributed by atoms with Crippen LogP contribution in [0.1, 0.15) is 51.6 Å². The SMILES string of the molecule is Cc1noc(C)c1C(=O)NCc1ccc(C(=O)N2C[C@H](C)O[C@@H](C)C2)cc1. The summed E-state index contributed by atoms with van der Waals surface area (Å²) in [5.74, 6) is 0.283. The van der Waals surface area contributed by atoms with Gasteiger partial charge in [0.2, 0.25) is 0 Å².